The van der Waals surface area contributed by atoms with Crippen LogP contribution in [0.15, 0.2) is 46.9 Å². The number of aryl methyl sites for hydroxylation is 3. The van der Waals surface area contributed by atoms with Crippen molar-refractivity contribution in [3.63, 3.8) is 0 Å². The number of anilines is 1. The average molecular weight is 495 g/mol. The van der Waals surface area contributed by atoms with Gasteiger partial charge in [0.2, 0.25) is 0 Å². The largest absolute Gasteiger partial charge is 0.493 e. The Bertz CT molecular complexity index is 1530. The van der Waals surface area contributed by atoms with Crippen LogP contribution < -0.4 is 9.64 Å². The molecule has 0 aliphatic rings. The van der Waals surface area contributed by atoms with E-state index in [1.165, 1.54) is 11.3 Å². The third-order valence-corrected chi connectivity index (χ3v) is 7.24. The molecule has 0 radical (unpaired) electrons. The molecule has 174 valence electrons. The number of furan rings is 1. The van der Waals surface area contributed by atoms with E-state index in [1.54, 1.807) is 24.1 Å². The number of fused-ring (bicyclic) bond motifs is 2. The molecule has 0 fully saturated rings. The molecule has 7 nitrogen and oxygen atoms in total. The highest BCUT2D eigenvalue weighted by atomic mass is 35.5. The van der Waals surface area contributed by atoms with E-state index in [0.29, 0.717) is 34.6 Å². The first kappa shape index (κ1) is 22.4. The third-order valence-electron chi connectivity index (χ3n) is 5.79. The van der Waals surface area contributed by atoms with E-state index >= 15 is 0 Å². The number of aromatic nitrogens is 3. The summed E-state index contributed by atoms with van der Waals surface area (Å²) >= 11 is 7.76. The molecule has 0 saturated heterocycles. The molecule has 0 atom stereocenters. The van der Waals surface area contributed by atoms with Crippen molar-refractivity contribution < 1.29 is 13.9 Å². The van der Waals surface area contributed by atoms with Gasteiger partial charge in [-0.05, 0) is 56.7 Å². The normalized spacial score (nSPS) is 11.4. The minimum atomic E-state index is -0.275. The Kier molecular flexibility index (Phi) is 5.79. The number of hydrogen-bond acceptors (Lipinski definition) is 6. The van der Waals surface area contributed by atoms with Crippen molar-refractivity contribution in [1.82, 2.24) is 14.8 Å². The van der Waals surface area contributed by atoms with Gasteiger partial charge in [-0.1, -0.05) is 35.1 Å². The molecule has 0 saturated carbocycles. The lowest BCUT2D eigenvalue weighted by Crippen LogP contribution is -2.34. The number of methoxy groups -OCH3 is 1. The Morgan fingerprint density at radius 3 is 2.76 bits per heavy atom. The molecule has 3 heterocycles. The second-order valence-corrected chi connectivity index (χ2v) is 9.53. The molecular weight excluding hydrogens is 472 g/mol. The summed E-state index contributed by atoms with van der Waals surface area (Å²) in [7, 11) is 1.58. The van der Waals surface area contributed by atoms with Gasteiger partial charge in [-0.3, -0.25) is 14.4 Å². The lowest BCUT2D eigenvalue weighted by atomic mass is 10.2. The van der Waals surface area contributed by atoms with Crippen LogP contribution in [-0.4, -0.2) is 34.3 Å². The smallest absolute Gasteiger partial charge is 0.295 e. The number of carbonyl (C=O) groups is 1. The number of ether oxygens (including phenoxy) is 1. The number of para-hydroxylation sites is 1. The number of amides is 1. The van der Waals surface area contributed by atoms with Crippen molar-refractivity contribution in [2.75, 3.05) is 18.6 Å². The molecule has 9 heteroatoms. The zero-order valence-corrected chi connectivity index (χ0v) is 20.8. The maximum Gasteiger partial charge on any atom is 0.295 e. The summed E-state index contributed by atoms with van der Waals surface area (Å²) in [5.74, 6) is 0.528. The SMILES string of the molecule is COc1cccc2cc(C(=O)N(CCn3nc(C)cc3C)c3nc4c(C)c(Cl)ccc4s3)oc12. The zero-order valence-electron chi connectivity index (χ0n) is 19.3. The molecule has 1 amide bonds. The minimum Gasteiger partial charge on any atom is -0.493 e. The maximum atomic E-state index is 13.8. The van der Waals surface area contributed by atoms with Gasteiger partial charge in [-0.25, -0.2) is 4.98 Å². The number of benzene rings is 2. The van der Waals surface area contributed by atoms with Gasteiger partial charge in [0, 0.05) is 22.6 Å². The van der Waals surface area contributed by atoms with Gasteiger partial charge in [0.05, 0.1) is 29.6 Å². The van der Waals surface area contributed by atoms with Gasteiger partial charge in [0.25, 0.3) is 5.91 Å². The van der Waals surface area contributed by atoms with Gasteiger partial charge in [-0.15, -0.1) is 0 Å². The van der Waals surface area contributed by atoms with Crippen LogP contribution in [0.25, 0.3) is 21.2 Å². The van der Waals surface area contributed by atoms with Gasteiger partial charge in [-0.2, -0.15) is 5.10 Å². The monoisotopic (exact) mass is 494 g/mol. The Labute approximate surface area is 205 Å². The maximum absolute atomic E-state index is 13.8. The number of carbonyl (C=O) groups excluding carboxylic acids is 1. The molecule has 5 rings (SSSR count). The van der Waals surface area contributed by atoms with Gasteiger partial charge >= 0.3 is 0 Å². The molecule has 0 spiro atoms. The molecule has 0 bridgehead atoms. The Hall–Kier alpha value is -3.36. The van der Waals surface area contributed by atoms with Crippen molar-refractivity contribution in [2.45, 2.75) is 27.3 Å². The first-order valence-electron chi connectivity index (χ1n) is 10.8. The molecule has 2 aromatic carbocycles. The number of hydrogen-bond donors (Lipinski definition) is 0. The quantitative estimate of drug-likeness (QED) is 0.282. The molecule has 5 aromatic rings. The highest BCUT2D eigenvalue weighted by molar-refractivity contribution is 7.22. The van der Waals surface area contributed by atoms with Crippen LogP contribution in [0.4, 0.5) is 5.13 Å². The summed E-state index contributed by atoms with van der Waals surface area (Å²) in [6.45, 7) is 6.78. The summed E-state index contributed by atoms with van der Waals surface area (Å²) in [5.41, 5.74) is 4.19. The van der Waals surface area contributed by atoms with Crippen LogP contribution in [0, 0.1) is 20.8 Å². The molecule has 3 aromatic heterocycles. The molecule has 34 heavy (non-hydrogen) atoms. The fourth-order valence-electron chi connectivity index (χ4n) is 4.02. The summed E-state index contributed by atoms with van der Waals surface area (Å²) in [6.07, 6.45) is 0. The minimum absolute atomic E-state index is 0.224. The molecule has 0 aliphatic heterocycles. The standard InChI is InChI=1S/C25H23ClN4O3S/c1-14-12-15(2)30(28-14)11-10-29(25-27-22-16(3)18(26)8-9-21(22)34-25)24(31)20-13-17-6-5-7-19(32-4)23(17)33-20/h5-9,12-13H,10-11H2,1-4H3. The molecule has 0 N–H and O–H groups in total. The number of rotatable bonds is 6. The van der Waals surface area contributed by atoms with Crippen LogP contribution in [0.3, 0.4) is 0 Å². The highest BCUT2D eigenvalue weighted by Gasteiger charge is 2.26. The van der Waals surface area contributed by atoms with Crippen LogP contribution in [0.5, 0.6) is 5.75 Å². The van der Waals surface area contributed by atoms with E-state index in [-0.39, 0.29) is 11.7 Å². The topological polar surface area (TPSA) is 73.4 Å². The summed E-state index contributed by atoms with van der Waals surface area (Å²) in [6, 6.07) is 13.1. The predicted molar refractivity (Wildman–Crippen MR) is 136 cm³/mol. The molecule has 0 unspecified atom stereocenters. The van der Waals surface area contributed by atoms with Crippen molar-refractivity contribution in [2.24, 2.45) is 0 Å². The van der Waals surface area contributed by atoms with Crippen molar-refractivity contribution >= 4 is 55.2 Å². The number of halogens is 1. The fraction of sp³-hybridized carbons (Fsp3) is 0.240. The highest BCUT2D eigenvalue weighted by Crippen LogP contribution is 2.35. The van der Waals surface area contributed by atoms with Crippen LogP contribution in [0.1, 0.15) is 27.5 Å². The molecule has 0 aliphatic carbocycles. The van der Waals surface area contributed by atoms with Gasteiger partial charge < -0.3 is 9.15 Å². The zero-order chi connectivity index (χ0) is 24.0. The van der Waals surface area contributed by atoms with E-state index in [1.807, 2.05) is 55.8 Å². The Morgan fingerprint density at radius 2 is 2.03 bits per heavy atom. The Morgan fingerprint density at radius 1 is 1.21 bits per heavy atom. The van der Waals surface area contributed by atoms with E-state index in [4.69, 9.17) is 25.7 Å². The summed E-state index contributed by atoms with van der Waals surface area (Å²) < 4.78 is 14.2. The van der Waals surface area contributed by atoms with Gasteiger partial charge in [0.15, 0.2) is 22.2 Å². The number of thiazole rings is 1. The van der Waals surface area contributed by atoms with Gasteiger partial charge in [0.1, 0.15) is 0 Å². The summed E-state index contributed by atoms with van der Waals surface area (Å²) in [5, 5.41) is 6.57. The van der Waals surface area contributed by atoms with Crippen molar-refractivity contribution in [1.29, 1.82) is 0 Å². The van der Waals surface area contributed by atoms with E-state index in [2.05, 4.69) is 5.10 Å². The Balaban J connectivity index is 1.56. The lowest BCUT2D eigenvalue weighted by Gasteiger charge is -2.19. The second-order valence-electron chi connectivity index (χ2n) is 8.11. The van der Waals surface area contributed by atoms with E-state index in [9.17, 15) is 4.79 Å². The van der Waals surface area contributed by atoms with Crippen LogP contribution in [-0.2, 0) is 6.54 Å². The van der Waals surface area contributed by atoms with Crippen LogP contribution >= 0.6 is 22.9 Å². The fourth-order valence-corrected chi connectivity index (χ4v) is 5.22. The first-order valence-corrected chi connectivity index (χ1v) is 12.0. The average Bonchev–Trinajstić information content (AvgIpc) is 3.52. The first-order chi connectivity index (χ1) is 16.4. The van der Waals surface area contributed by atoms with Crippen molar-refractivity contribution in [3.8, 4) is 5.75 Å². The molecular formula is C25H23ClN4O3S. The lowest BCUT2D eigenvalue weighted by molar-refractivity contribution is 0.0961. The number of nitrogens with zero attached hydrogens (tertiary/aromatic N) is 4. The van der Waals surface area contributed by atoms with Crippen molar-refractivity contribution in [3.05, 3.63) is 70.2 Å². The van der Waals surface area contributed by atoms with E-state index < -0.39 is 0 Å². The van der Waals surface area contributed by atoms with E-state index in [0.717, 1.165) is 32.6 Å². The second kappa shape index (κ2) is 8.77. The summed E-state index contributed by atoms with van der Waals surface area (Å²) in [4.78, 5) is 20.2. The third kappa shape index (κ3) is 3.93. The van der Waals surface area contributed by atoms with Crippen LogP contribution in [0.2, 0.25) is 5.02 Å². The predicted octanol–water partition coefficient (Wildman–Crippen LogP) is 6.17.